The van der Waals surface area contributed by atoms with Crippen LogP contribution in [-0.2, 0) is 0 Å². The van der Waals surface area contributed by atoms with Gasteiger partial charge in [0.05, 0.1) is 5.69 Å². The van der Waals surface area contributed by atoms with E-state index in [1.165, 1.54) is 6.42 Å². The predicted molar refractivity (Wildman–Crippen MR) is 70.7 cm³/mol. The van der Waals surface area contributed by atoms with Gasteiger partial charge in [0, 0.05) is 18.8 Å². The van der Waals surface area contributed by atoms with Gasteiger partial charge < -0.3 is 10.6 Å². The van der Waals surface area contributed by atoms with Crippen molar-refractivity contribution in [2.24, 2.45) is 5.92 Å². The Bertz CT molecular complexity index is 336. The van der Waals surface area contributed by atoms with Crippen LogP contribution in [0.15, 0.2) is 12.1 Å². The van der Waals surface area contributed by atoms with Gasteiger partial charge in [-0.05, 0) is 31.9 Å². The zero-order valence-electron chi connectivity index (χ0n) is 10.8. The van der Waals surface area contributed by atoms with Gasteiger partial charge in [-0.1, -0.05) is 20.3 Å². The molecule has 1 rings (SSSR count). The Morgan fingerprint density at radius 2 is 2.06 bits per heavy atom. The predicted octanol–water partition coefficient (Wildman–Crippen LogP) is 2.84. The van der Waals surface area contributed by atoms with E-state index in [2.05, 4.69) is 30.7 Å². The fourth-order valence-corrected chi connectivity index (χ4v) is 1.68. The summed E-state index contributed by atoms with van der Waals surface area (Å²) >= 11 is 0. The Labute approximate surface area is 98.7 Å². The van der Waals surface area contributed by atoms with Crippen LogP contribution in [-0.4, -0.2) is 18.1 Å². The number of pyridine rings is 1. The minimum Gasteiger partial charge on any atom is -0.396 e. The molecule has 2 N–H and O–H groups in total. The SMILES string of the molecule is CCC(C)CN(CC)c1nc(C)ccc1N. The van der Waals surface area contributed by atoms with E-state index in [1.807, 2.05) is 19.1 Å². The normalized spacial score (nSPS) is 12.5. The summed E-state index contributed by atoms with van der Waals surface area (Å²) in [6.45, 7) is 10.6. The van der Waals surface area contributed by atoms with Gasteiger partial charge in [-0.15, -0.1) is 0 Å². The third-order valence-electron chi connectivity index (χ3n) is 2.95. The van der Waals surface area contributed by atoms with E-state index in [9.17, 15) is 0 Å². The highest BCUT2D eigenvalue weighted by Gasteiger charge is 2.12. The molecule has 1 aromatic rings. The lowest BCUT2D eigenvalue weighted by Gasteiger charge is -2.26. The van der Waals surface area contributed by atoms with E-state index in [-0.39, 0.29) is 0 Å². The van der Waals surface area contributed by atoms with Crippen molar-refractivity contribution in [1.82, 2.24) is 4.98 Å². The summed E-state index contributed by atoms with van der Waals surface area (Å²) in [5.41, 5.74) is 7.77. The maximum atomic E-state index is 5.98. The van der Waals surface area contributed by atoms with Gasteiger partial charge in [-0.25, -0.2) is 4.98 Å². The zero-order chi connectivity index (χ0) is 12.1. The monoisotopic (exact) mass is 221 g/mol. The second kappa shape index (κ2) is 5.73. The molecule has 1 heterocycles. The molecule has 3 heteroatoms. The van der Waals surface area contributed by atoms with Crippen molar-refractivity contribution in [3.63, 3.8) is 0 Å². The van der Waals surface area contributed by atoms with E-state index in [1.54, 1.807) is 0 Å². The highest BCUT2D eigenvalue weighted by molar-refractivity contribution is 5.62. The summed E-state index contributed by atoms with van der Waals surface area (Å²) in [5.74, 6) is 1.60. The average molecular weight is 221 g/mol. The Kier molecular flexibility index (Phi) is 4.59. The molecule has 1 unspecified atom stereocenters. The van der Waals surface area contributed by atoms with Gasteiger partial charge in [-0.2, -0.15) is 0 Å². The molecular weight excluding hydrogens is 198 g/mol. The molecule has 0 aliphatic rings. The number of rotatable bonds is 5. The van der Waals surface area contributed by atoms with Crippen LogP contribution >= 0.6 is 0 Å². The highest BCUT2D eigenvalue weighted by atomic mass is 15.2. The van der Waals surface area contributed by atoms with Gasteiger partial charge in [0.15, 0.2) is 5.82 Å². The molecule has 0 amide bonds. The van der Waals surface area contributed by atoms with Crippen LogP contribution in [0.25, 0.3) is 0 Å². The molecule has 16 heavy (non-hydrogen) atoms. The van der Waals surface area contributed by atoms with Gasteiger partial charge in [0.2, 0.25) is 0 Å². The molecule has 90 valence electrons. The first-order valence-electron chi connectivity index (χ1n) is 6.06. The number of hydrogen-bond donors (Lipinski definition) is 1. The summed E-state index contributed by atoms with van der Waals surface area (Å²) in [4.78, 5) is 6.79. The minimum absolute atomic E-state index is 0.668. The van der Waals surface area contributed by atoms with Crippen LogP contribution in [0.3, 0.4) is 0 Å². The number of hydrogen-bond acceptors (Lipinski definition) is 3. The van der Waals surface area contributed by atoms with Crippen LogP contribution in [0.1, 0.15) is 32.9 Å². The van der Waals surface area contributed by atoms with E-state index in [0.29, 0.717) is 5.92 Å². The lowest BCUT2D eigenvalue weighted by atomic mass is 10.1. The van der Waals surface area contributed by atoms with Crippen molar-refractivity contribution in [1.29, 1.82) is 0 Å². The number of nitrogens with two attached hydrogens (primary N) is 1. The number of aromatic nitrogens is 1. The number of nitrogens with zero attached hydrogens (tertiary/aromatic N) is 2. The second-order valence-corrected chi connectivity index (χ2v) is 4.42. The molecule has 0 aliphatic carbocycles. The summed E-state index contributed by atoms with van der Waals surface area (Å²) < 4.78 is 0. The third-order valence-corrected chi connectivity index (χ3v) is 2.95. The fraction of sp³-hybridized carbons (Fsp3) is 0.615. The quantitative estimate of drug-likeness (QED) is 0.831. The summed E-state index contributed by atoms with van der Waals surface area (Å²) in [6, 6.07) is 3.90. The largest absolute Gasteiger partial charge is 0.396 e. The molecular formula is C13H23N3. The molecule has 0 aromatic carbocycles. The van der Waals surface area contributed by atoms with Gasteiger partial charge in [0.25, 0.3) is 0 Å². The molecule has 0 saturated heterocycles. The summed E-state index contributed by atoms with van der Waals surface area (Å²) in [6.07, 6.45) is 1.18. The first-order chi connectivity index (χ1) is 7.58. The Hall–Kier alpha value is -1.25. The second-order valence-electron chi connectivity index (χ2n) is 4.42. The molecule has 1 aromatic heterocycles. The van der Waals surface area contributed by atoms with Crippen LogP contribution in [0.2, 0.25) is 0 Å². The van der Waals surface area contributed by atoms with E-state index in [4.69, 9.17) is 5.73 Å². The van der Waals surface area contributed by atoms with Crippen molar-refractivity contribution in [3.8, 4) is 0 Å². The standard InChI is InChI=1S/C13H23N3/c1-5-10(3)9-16(6-2)13-12(14)8-7-11(4)15-13/h7-8,10H,5-6,9,14H2,1-4H3. The summed E-state index contributed by atoms with van der Waals surface area (Å²) in [5, 5.41) is 0. The lowest BCUT2D eigenvalue weighted by molar-refractivity contribution is 0.545. The van der Waals surface area contributed by atoms with Crippen molar-refractivity contribution >= 4 is 11.5 Å². The smallest absolute Gasteiger partial charge is 0.152 e. The Balaban J connectivity index is 2.89. The van der Waals surface area contributed by atoms with Gasteiger partial charge >= 0.3 is 0 Å². The number of anilines is 2. The van der Waals surface area contributed by atoms with Crippen molar-refractivity contribution < 1.29 is 0 Å². The molecule has 0 spiro atoms. The van der Waals surface area contributed by atoms with Crippen LogP contribution < -0.4 is 10.6 Å². The molecule has 3 nitrogen and oxygen atoms in total. The van der Waals surface area contributed by atoms with E-state index < -0.39 is 0 Å². The highest BCUT2D eigenvalue weighted by Crippen LogP contribution is 2.21. The Morgan fingerprint density at radius 3 is 2.62 bits per heavy atom. The van der Waals surface area contributed by atoms with Gasteiger partial charge in [-0.3, -0.25) is 0 Å². The van der Waals surface area contributed by atoms with Crippen molar-refractivity contribution in [2.45, 2.75) is 34.1 Å². The van der Waals surface area contributed by atoms with Crippen LogP contribution in [0, 0.1) is 12.8 Å². The molecule has 0 bridgehead atoms. The van der Waals surface area contributed by atoms with Gasteiger partial charge in [0.1, 0.15) is 0 Å². The van der Waals surface area contributed by atoms with E-state index >= 15 is 0 Å². The topological polar surface area (TPSA) is 42.2 Å². The number of aryl methyl sites for hydroxylation is 1. The molecule has 0 radical (unpaired) electrons. The minimum atomic E-state index is 0.668. The average Bonchev–Trinajstić information content (AvgIpc) is 2.29. The maximum absolute atomic E-state index is 5.98. The summed E-state index contributed by atoms with van der Waals surface area (Å²) in [7, 11) is 0. The van der Waals surface area contributed by atoms with Crippen molar-refractivity contribution in [3.05, 3.63) is 17.8 Å². The first-order valence-corrected chi connectivity index (χ1v) is 6.06. The van der Waals surface area contributed by atoms with Crippen molar-refractivity contribution in [2.75, 3.05) is 23.7 Å². The lowest BCUT2D eigenvalue weighted by Crippen LogP contribution is -2.29. The third kappa shape index (κ3) is 3.12. The molecule has 0 aliphatic heterocycles. The molecule has 0 fully saturated rings. The maximum Gasteiger partial charge on any atom is 0.152 e. The number of nitrogen functional groups attached to an aromatic ring is 1. The van der Waals surface area contributed by atoms with Crippen LogP contribution in [0.5, 0.6) is 0 Å². The zero-order valence-corrected chi connectivity index (χ0v) is 10.8. The Morgan fingerprint density at radius 1 is 1.38 bits per heavy atom. The van der Waals surface area contributed by atoms with E-state index in [0.717, 1.165) is 30.3 Å². The molecule has 1 atom stereocenters. The molecule has 0 saturated carbocycles. The first kappa shape index (κ1) is 12.8. The van der Waals surface area contributed by atoms with Crippen LogP contribution in [0.4, 0.5) is 11.5 Å². The fourth-order valence-electron chi connectivity index (χ4n) is 1.68.